The molecule has 0 aromatic carbocycles. The molecule has 0 aliphatic carbocycles. The lowest BCUT2D eigenvalue weighted by molar-refractivity contribution is -0.127. The van der Waals surface area contributed by atoms with Gasteiger partial charge in [-0.3, -0.25) is 9.69 Å². The van der Waals surface area contributed by atoms with E-state index in [0.29, 0.717) is 6.54 Å². The summed E-state index contributed by atoms with van der Waals surface area (Å²) in [7, 11) is 3.76. The van der Waals surface area contributed by atoms with Crippen molar-refractivity contribution >= 4 is 5.91 Å². The van der Waals surface area contributed by atoms with Gasteiger partial charge in [0.1, 0.15) is 0 Å². The van der Waals surface area contributed by atoms with Crippen LogP contribution in [0, 0.1) is 0 Å². The van der Waals surface area contributed by atoms with Gasteiger partial charge in [-0.1, -0.05) is 0 Å². The molecule has 0 saturated carbocycles. The maximum absolute atomic E-state index is 11.5. The Balaban J connectivity index is 2.62. The molecule has 0 aromatic rings. The molecule has 88 valence electrons. The zero-order chi connectivity index (χ0) is 11.4. The number of carbonyl (C=O) groups excluding carboxylic acids is 1. The molecule has 2 atom stereocenters. The zero-order valence-electron chi connectivity index (χ0n) is 9.86. The Morgan fingerprint density at radius 1 is 1.60 bits per heavy atom. The van der Waals surface area contributed by atoms with Gasteiger partial charge in [0.15, 0.2) is 0 Å². The molecule has 1 fully saturated rings. The van der Waals surface area contributed by atoms with E-state index in [0.717, 1.165) is 19.6 Å². The molecule has 5 heteroatoms. The highest BCUT2D eigenvalue weighted by molar-refractivity contribution is 5.81. The average molecular weight is 214 g/mol. The van der Waals surface area contributed by atoms with E-state index < -0.39 is 0 Å². The highest BCUT2D eigenvalue weighted by Crippen LogP contribution is 2.11. The van der Waals surface area contributed by atoms with Crippen molar-refractivity contribution in [3.63, 3.8) is 0 Å². The van der Waals surface area contributed by atoms with E-state index in [1.54, 1.807) is 7.05 Å². The summed E-state index contributed by atoms with van der Waals surface area (Å²) in [5.41, 5.74) is 5.74. The summed E-state index contributed by atoms with van der Waals surface area (Å²) < 4.78 is 0. The van der Waals surface area contributed by atoms with Crippen molar-refractivity contribution in [2.75, 3.05) is 40.3 Å². The molecular weight excluding hydrogens is 192 g/mol. The van der Waals surface area contributed by atoms with Crippen molar-refractivity contribution in [1.29, 1.82) is 0 Å². The molecule has 2 unspecified atom stereocenters. The van der Waals surface area contributed by atoms with Crippen LogP contribution >= 0.6 is 0 Å². The molecule has 1 rings (SSSR count). The Bertz CT molecular complexity index is 221. The van der Waals surface area contributed by atoms with E-state index >= 15 is 0 Å². The number of hydrogen-bond acceptors (Lipinski definition) is 4. The van der Waals surface area contributed by atoms with Gasteiger partial charge in [-0.25, -0.2) is 0 Å². The first-order valence-corrected chi connectivity index (χ1v) is 5.46. The molecule has 1 aliphatic rings. The van der Waals surface area contributed by atoms with Crippen LogP contribution in [0.2, 0.25) is 0 Å². The van der Waals surface area contributed by atoms with Crippen molar-refractivity contribution in [1.82, 2.24) is 15.1 Å². The normalized spacial score (nSPS) is 26.3. The molecule has 1 saturated heterocycles. The van der Waals surface area contributed by atoms with Crippen LogP contribution in [0.25, 0.3) is 0 Å². The Morgan fingerprint density at radius 3 is 2.80 bits per heavy atom. The number of rotatable bonds is 3. The van der Waals surface area contributed by atoms with Crippen LogP contribution in [0.4, 0.5) is 0 Å². The van der Waals surface area contributed by atoms with Crippen LogP contribution in [0.5, 0.6) is 0 Å². The van der Waals surface area contributed by atoms with Crippen LogP contribution in [0.3, 0.4) is 0 Å². The minimum atomic E-state index is -0.0859. The number of nitrogens with zero attached hydrogens (tertiary/aromatic N) is 2. The second-order valence-corrected chi connectivity index (χ2v) is 4.18. The molecular formula is C10H22N4O. The smallest absolute Gasteiger partial charge is 0.236 e. The molecule has 0 radical (unpaired) electrons. The summed E-state index contributed by atoms with van der Waals surface area (Å²) >= 11 is 0. The Morgan fingerprint density at radius 2 is 2.27 bits per heavy atom. The molecule has 3 N–H and O–H groups in total. The van der Waals surface area contributed by atoms with E-state index in [2.05, 4.69) is 22.2 Å². The van der Waals surface area contributed by atoms with E-state index in [9.17, 15) is 4.79 Å². The first kappa shape index (κ1) is 12.4. The van der Waals surface area contributed by atoms with Gasteiger partial charge in [-0.05, 0) is 14.0 Å². The number of nitrogens with two attached hydrogens (primary N) is 1. The molecule has 0 bridgehead atoms. The quantitative estimate of drug-likeness (QED) is 0.613. The third kappa shape index (κ3) is 2.90. The first-order valence-electron chi connectivity index (χ1n) is 5.46. The molecule has 15 heavy (non-hydrogen) atoms. The lowest BCUT2D eigenvalue weighted by Gasteiger charge is -2.42. The first-order chi connectivity index (χ1) is 7.10. The van der Waals surface area contributed by atoms with Gasteiger partial charge in [0.05, 0.1) is 6.04 Å². The topological polar surface area (TPSA) is 61.6 Å². The van der Waals surface area contributed by atoms with E-state index in [4.69, 9.17) is 5.73 Å². The molecule has 0 aromatic heterocycles. The van der Waals surface area contributed by atoms with Gasteiger partial charge >= 0.3 is 0 Å². The van der Waals surface area contributed by atoms with Gasteiger partial charge in [-0.2, -0.15) is 0 Å². The van der Waals surface area contributed by atoms with Gasteiger partial charge in [-0.15, -0.1) is 0 Å². The van der Waals surface area contributed by atoms with Gasteiger partial charge < -0.3 is 16.0 Å². The predicted molar refractivity (Wildman–Crippen MR) is 60.6 cm³/mol. The average Bonchev–Trinajstić information content (AvgIpc) is 2.26. The number of hydrogen-bond donors (Lipinski definition) is 2. The summed E-state index contributed by atoms with van der Waals surface area (Å²) in [4.78, 5) is 16.0. The second-order valence-electron chi connectivity index (χ2n) is 4.18. The van der Waals surface area contributed by atoms with Crippen LogP contribution < -0.4 is 11.1 Å². The van der Waals surface area contributed by atoms with Gasteiger partial charge in [0.2, 0.25) is 5.91 Å². The maximum Gasteiger partial charge on any atom is 0.236 e. The molecule has 0 spiro atoms. The molecule has 1 heterocycles. The fourth-order valence-corrected chi connectivity index (χ4v) is 2.10. The Kier molecular flexibility index (Phi) is 4.50. The molecule has 1 amide bonds. The van der Waals surface area contributed by atoms with Crippen LogP contribution in [0.15, 0.2) is 0 Å². The number of amides is 1. The summed E-state index contributed by atoms with van der Waals surface area (Å²) in [6, 6.07) is 0.202. The molecule has 5 nitrogen and oxygen atoms in total. The van der Waals surface area contributed by atoms with Gasteiger partial charge in [0.25, 0.3) is 0 Å². The monoisotopic (exact) mass is 214 g/mol. The fourth-order valence-electron chi connectivity index (χ4n) is 2.10. The number of nitrogens with one attached hydrogen (secondary N) is 1. The lowest BCUT2D eigenvalue weighted by atomic mass is 10.1. The SMILES string of the molecule is CNC(=O)C(C)N1CCN(C)CC1CN. The lowest BCUT2D eigenvalue weighted by Crippen LogP contribution is -2.60. The highest BCUT2D eigenvalue weighted by Gasteiger charge is 2.30. The zero-order valence-corrected chi connectivity index (χ0v) is 9.86. The summed E-state index contributed by atoms with van der Waals surface area (Å²) in [5, 5.41) is 2.68. The number of piperazine rings is 1. The van der Waals surface area contributed by atoms with Crippen molar-refractivity contribution in [3.05, 3.63) is 0 Å². The Hall–Kier alpha value is -0.650. The maximum atomic E-state index is 11.5. The highest BCUT2D eigenvalue weighted by atomic mass is 16.2. The number of likely N-dealkylation sites (N-methyl/N-ethyl adjacent to an activating group) is 2. The van der Waals surface area contributed by atoms with Gasteiger partial charge in [0, 0.05) is 39.3 Å². The van der Waals surface area contributed by atoms with E-state index in [1.165, 1.54) is 0 Å². The standard InChI is InChI=1S/C10H22N4O/c1-8(10(15)12-2)14-5-4-13(3)7-9(14)6-11/h8-9H,4-7,11H2,1-3H3,(H,12,15). The second kappa shape index (κ2) is 5.44. The minimum Gasteiger partial charge on any atom is -0.358 e. The Labute approximate surface area is 91.6 Å². The van der Waals surface area contributed by atoms with Crippen LogP contribution in [0.1, 0.15) is 6.92 Å². The van der Waals surface area contributed by atoms with Crippen molar-refractivity contribution < 1.29 is 4.79 Å². The van der Waals surface area contributed by atoms with Crippen molar-refractivity contribution in [2.24, 2.45) is 5.73 Å². The largest absolute Gasteiger partial charge is 0.358 e. The van der Waals surface area contributed by atoms with E-state index in [1.807, 2.05) is 6.92 Å². The number of carbonyl (C=O) groups is 1. The minimum absolute atomic E-state index is 0.0676. The molecule has 1 aliphatic heterocycles. The third-order valence-electron chi connectivity index (χ3n) is 3.13. The fraction of sp³-hybridized carbons (Fsp3) is 0.900. The summed E-state index contributed by atoms with van der Waals surface area (Å²) in [6.45, 7) is 5.39. The third-order valence-corrected chi connectivity index (χ3v) is 3.13. The summed E-state index contributed by atoms with van der Waals surface area (Å²) in [6.07, 6.45) is 0. The summed E-state index contributed by atoms with van der Waals surface area (Å²) in [5.74, 6) is 0.0676. The van der Waals surface area contributed by atoms with Crippen LogP contribution in [-0.4, -0.2) is 68.1 Å². The van der Waals surface area contributed by atoms with E-state index in [-0.39, 0.29) is 18.0 Å². The van der Waals surface area contributed by atoms with Crippen LogP contribution in [-0.2, 0) is 4.79 Å². The predicted octanol–water partition coefficient (Wildman–Crippen LogP) is -1.30. The van der Waals surface area contributed by atoms with Crippen molar-refractivity contribution in [3.8, 4) is 0 Å². The van der Waals surface area contributed by atoms with Crippen molar-refractivity contribution in [2.45, 2.75) is 19.0 Å².